The molecule has 1 fully saturated rings. The maximum atomic E-state index is 11.6. The Balaban J connectivity index is 1.58. The van der Waals surface area contributed by atoms with Crippen LogP contribution in [-0.2, 0) is 11.3 Å². The van der Waals surface area contributed by atoms with Crippen LogP contribution in [0.1, 0.15) is 31.5 Å². The van der Waals surface area contributed by atoms with E-state index >= 15 is 0 Å². The number of aryl methyl sites for hydroxylation is 1. The summed E-state index contributed by atoms with van der Waals surface area (Å²) in [7, 11) is 0. The molecular formula is C13H22N4O. The van der Waals surface area contributed by atoms with Crippen molar-refractivity contribution in [3.63, 3.8) is 0 Å². The van der Waals surface area contributed by atoms with Crippen LogP contribution < -0.4 is 10.6 Å². The lowest BCUT2D eigenvalue weighted by Crippen LogP contribution is -2.29. The third-order valence-corrected chi connectivity index (χ3v) is 3.48. The third-order valence-electron chi connectivity index (χ3n) is 3.48. The summed E-state index contributed by atoms with van der Waals surface area (Å²) in [5.74, 6) is 1.14. The first-order valence-electron chi connectivity index (χ1n) is 6.73. The molecule has 1 aliphatic rings. The number of imidazole rings is 1. The molecular weight excluding hydrogens is 228 g/mol. The van der Waals surface area contributed by atoms with Crippen LogP contribution in [0.2, 0.25) is 0 Å². The zero-order valence-corrected chi connectivity index (χ0v) is 11.0. The van der Waals surface area contributed by atoms with Crippen LogP contribution in [0, 0.1) is 6.92 Å². The standard InChI is InChI=1S/C13H22N4O/c1-11-14-7-9-17(11)10-8-16-13(18)5-4-12-3-2-6-15-12/h7,9,12,15H,2-6,8,10H2,1H3,(H,16,18). The topological polar surface area (TPSA) is 59.0 Å². The average Bonchev–Trinajstić information content (AvgIpc) is 2.99. The van der Waals surface area contributed by atoms with E-state index < -0.39 is 0 Å². The number of carbonyl (C=O) groups excluding carboxylic acids is 1. The van der Waals surface area contributed by atoms with Crippen molar-refractivity contribution in [2.75, 3.05) is 13.1 Å². The second-order valence-electron chi connectivity index (χ2n) is 4.85. The monoisotopic (exact) mass is 250 g/mol. The van der Waals surface area contributed by atoms with Crippen molar-refractivity contribution in [3.05, 3.63) is 18.2 Å². The lowest BCUT2D eigenvalue weighted by molar-refractivity contribution is -0.121. The van der Waals surface area contributed by atoms with Gasteiger partial charge in [0.25, 0.3) is 0 Å². The smallest absolute Gasteiger partial charge is 0.220 e. The lowest BCUT2D eigenvalue weighted by atomic mass is 10.1. The molecule has 1 atom stereocenters. The van der Waals surface area contributed by atoms with Crippen LogP contribution in [0.5, 0.6) is 0 Å². The molecule has 0 aliphatic carbocycles. The van der Waals surface area contributed by atoms with Gasteiger partial charge in [-0.1, -0.05) is 0 Å². The quantitative estimate of drug-likeness (QED) is 0.786. The van der Waals surface area contributed by atoms with Crippen molar-refractivity contribution in [2.45, 2.75) is 45.2 Å². The maximum Gasteiger partial charge on any atom is 0.220 e. The summed E-state index contributed by atoms with van der Waals surface area (Å²) in [6.45, 7) is 4.53. The Morgan fingerprint density at radius 1 is 1.67 bits per heavy atom. The number of hydrogen-bond acceptors (Lipinski definition) is 3. The number of hydrogen-bond donors (Lipinski definition) is 2. The molecule has 1 aromatic heterocycles. The number of nitrogens with one attached hydrogen (secondary N) is 2. The molecule has 1 unspecified atom stereocenters. The summed E-state index contributed by atoms with van der Waals surface area (Å²) in [6.07, 6.45) is 7.75. The van der Waals surface area contributed by atoms with Crippen LogP contribution in [0.3, 0.4) is 0 Å². The fraction of sp³-hybridized carbons (Fsp3) is 0.692. The van der Waals surface area contributed by atoms with Gasteiger partial charge in [0.2, 0.25) is 5.91 Å². The van der Waals surface area contributed by atoms with Gasteiger partial charge in [-0.05, 0) is 32.7 Å². The number of amides is 1. The zero-order valence-electron chi connectivity index (χ0n) is 11.0. The number of rotatable bonds is 6. The van der Waals surface area contributed by atoms with Crippen molar-refractivity contribution >= 4 is 5.91 Å². The van der Waals surface area contributed by atoms with Crippen LogP contribution in [-0.4, -0.2) is 34.6 Å². The minimum Gasteiger partial charge on any atom is -0.354 e. The van der Waals surface area contributed by atoms with Gasteiger partial charge in [-0.2, -0.15) is 0 Å². The zero-order chi connectivity index (χ0) is 12.8. The first kappa shape index (κ1) is 13.1. The predicted octanol–water partition coefficient (Wildman–Crippen LogP) is 0.840. The van der Waals surface area contributed by atoms with E-state index in [4.69, 9.17) is 0 Å². The molecule has 0 radical (unpaired) electrons. The fourth-order valence-electron chi connectivity index (χ4n) is 2.35. The van der Waals surface area contributed by atoms with Crippen LogP contribution in [0.4, 0.5) is 0 Å². The third kappa shape index (κ3) is 3.84. The molecule has 2 heterocycles. The Bertz CT molecular complexity index is 382. The van der Waals surface area contributed by atoms with Crippen molar-refractivity contribution in [1.82, 2.24) is 20.2 Å². The molecule has 100 valence electrons. The fourth-order valence-corrected chi connectivity index (χ4v) is 2.35. The van der Waals surface area contributed by atoms with Gasteiger partial charge in [0, 0.05) is 37.9 Å². The molecule has 0 saturated carbocycles. The SMILES string of the molecule is Cc1nccn1CCNC(=O)CCC1CCCN1. The van der Waals surface area contributed by atoms with Gasteiger partial charge in [0.05, 0.1) is 0 Å². The van der Waals surface area contributed by atoms with Gasteiger partial charge < -0.3 is 15.2 Å². The second-order valence-corrected chi connectivity index (χ2v) is 4.85. The second kappa shape index (κ2) is 6.54. The number of carbonyl (C=O) groups is 1. The van der Waals surface area contributed by atoms with E-state index in [9.17, 15) is 4.79 Å². The molecule has 1 amide bonds. The first-order valence-corrected chi connectivity index (χ1v) is 6.73. The normalized spacial score (nSPS) is 19.1. The van der Waals surface area contributed by atoms with Gasteiger partial charge in [-0.3, -0.25) is 4.79 Å². The van der Waals surface area contributed by atoms with Gasteiger partial charge in [-0.25, -0.2) is 4.98 Å². The van der Waals surface area contributed by atoms with Crippen LogP contribution >= 0.6 is 0 Å². The molecule has 5 heteroatoms. The Morgan fingerprint density at radius 3 is 3.22 bits per heavy atom. The summed E-state index contributed by atoms with van der Waals surface area (Å²) in [6, 6.07) is 0.548. The maximum absolute atomic E-state index is 11.6. The Labute approximate surface area is 108 Å². The Morgan fingerprint density at radius 2 is 2.56 bits per heavy atom. The van der Waals surface area contributed by atoms with Crippen molar-refractivity contribution < 1.29 is 4.79 Å². The van der Waals surface area contributed by atoms with Crippen molar-refractivity contribution in [2.24, 2.45) is 0 Å². The molecule has 0 bridgehead atoms. The van der Waals surface area contributed by atoms with Crippen LogP contribution in [0.25, 0.3) is 0 Å². The van der Waals surface area contributed by atoms with Gasteiger partial charge >= 0.3 is 0 Å². The van der Waals surface area contributed by atoms with Gasteiger partial charge in [0.1, 0.15) is 5.82 Å². The van der Waals surface area contributed by atoms with E-state index in [1.165, 1.54) is 12.8 Å². The molecule has 2 rings (SSSR count). The minimum absolute atomic E-state index is 0.154. The minimum atomic E-state index is 0.154. The van der Waals surface area contributed by atoms with Crippen molar-refractivity contribution in [3.8, 4) is 0 Å². The lowest BCUT2D eigenvalue weighted by Gasteiger charge is -2.10. The molecule has 1 saturated heterocycles. The number of nitrogens with zero attached hydrogens (tertiary/aromatic N) is 2. The summed E-state index contributed by atoms with van der Waals surface area (Å²) >= 11 is 0. The van der Waals surface area contributed by atoms with E-state index in [1.54, 1.807) is 6.20 Å². The van der Waals surface area contributed by atoms with Gasteiger partial charge in [-0.15, -0.1) is 0 Å². The van der Waals surface area contributed by atoms with E-state index in [-0.39, 0.29) is 5.91 Å². The molecule has 1 aliphatic heterocycles. The van der Waals surface area contributed by atoms with E-state index in [1.807, 2.05) is 17.7 Å². The summed E-state index contributed by atoms with van der Waals surface area (Å²) in [5.41, 5.74) is 0. The highest BCUT2D eigenvalue weighted by molar-refractivity contribution is 5.75. The Hall–Kier alpha value is -1.36. The Kier molecular flexibility index (Phi) is 4.75. The molecule has 0 aromatic carbocycles. The molecule has 1 aromatic rings. The average molecular weight is 250 g/mol. The highest BCUT2D eigenvalue weighted by Gasteiger charge is 2.14. The molecule has 0 spiro atoms. The largest absolute Gasteiger partial charge is 0.354 e. The van der Waals surface area contributed by atoms with Crippen molar-refractivity contribution in [1.29, 1.82) is 0 Å². The summed E-state index contributed by atoms with van der Waals surface area (Å²) in [4.78, 5) is 15.8. The highest BCUT2D eigenvalue weighted by Crippen LogP contribution is 2.10. The summed E-state index contributed by atoms with van der Waals surface area (Å²) in [5, 5.41) is 6.36. The van der Waals surface area contributed by atoms with E-state index in [0.29, 0.717) is 19.0 Å². The predicted molar refractivity (Wildman–Crippen MR) is 70.2 cm³/mol. The number of aromatic nitrogens is 2. The van der Waals surface area contributed by atoms with E-state index in [2.05, 4.69) is 15.6 Å². The highest BCUT2D eigenvalue weighted by atomic mass is 16.1. The molecule has 2 N–H and O–H groups in total. The van der Waals surface area contributed by atoms with Gasteiger partial charge in [0.15, 0.2) is 0 Å². The molecule has 5 nitrogen and oxygen atoms in total. The molecule has 18 heavy (non-hydrogen) atoms. The first-order chi connectivity index (χ1) is 8.75. The van der Waals surface area contributed by atoms with Crippen LogP contribution in [0.15, 0.2) is 12.4 Å². The van der Waals surface area contributed by atoms with E-state index in [0.717, 1.165) is 25.3 Å². The summed E-state index contributed by atoms with van der Waals surface area (Å²) < 4.78 is 2.04.